The molecule has 17 unspecified atom stereocenters. The molecule has 0 aromatic carbocycles. The maximum atomic E-state index is 13.4. The van der Waals surface area contributed by atoms with Gasteiger partial charge in [-0.1, -0.05) is 294 Å². The molecule has 3 fully saturated rings. The summed E-state index contributed by atoms with van der Waals surface area (Å²) in [6.45, 7) is 1.74. The lowest BCUT2D eigenvalue weighted by Gasteiger charge is -2.48. The summed E-state index contributed by atoms with van der Waals surface area (Å²) in [5.74, 6) is -0.287. The number of nitrogens with one attached hydrogen (secondary N) is 1. The van der Waals surface area contributed by atoms with Crippen molar-refractivity contribution in [3.63, 3.8) is 0 Å². The minimum absolute atomic E-state index is 0.230. The van der Waals surface area contributed by atoms with Gasteiger partial charge in [-0.15, -0.1) is 0 Å². The molecule has 17 atom stereocenters. The second-order valence-electron chi connectivity index (χ2n) is 28.5. The Morgan fingerprint density at radius 2 is 0.684 bits per heavy atom. The first-order valence-electron chi connectivity index (χ1n) is 39.9. The van der Waals surface area contributed by atoms with Gasteiger partial charge in [0.15, 0.2) is 18.9 Å². The van der Waals surface area contributed by atoms with Crippen LogP contribution in [-0.4, -0.2) is 193 Å². The molecule has 0 radical (unpaired) electrons. The molecule has 574 valence electrons. The third-order valence-electron chi connectivity index (χ3n) is 19.8. The van der Waals surface area contributed by atoms with Gasteiger partial charge in [0.25, 0.3) is 0 Å². The molecule has 3 saturated heterocycles. The van der Waals surface area contributed by atoms with E-state index in [9.17, 15) is 61.0 Å². The lowest BCUT2D eigenvalue weighted by molar-refractivity contribution is -0.379. The van der Waals surface area contributed by atoms with Crippen LogP contribution in [0.4, 0.5) is 0 Å². The summed E-state index contributed by atoms with van der Waals surface area (Å²) in [5, 5.41) is 121. The molecule has 0 aromatic heterocycles. The summed E-state index contributed by atoms with van der Waals surface area (Å²) in [4.78, 5) is 13.4. The number of aliphatic hydroxyl groups excluding tert-OH is 11. The maximum absolute atomic E-state index is 13.4. The number of rotatable bonds is 63. The molecule has 3 rings (SSSR count). The van der Waals surface area contributed by atoms with Gasteiger partial charge in [-0.25, -0.2) is 0 Å². The zero-order chi connectivity index (χ0) is 71.1. The molecule has 0 aliphatic carbocycles. The van der Waals surface area contributed by atoms with Crippen LogP contribution in [0.1, 0.15) is 316 Å². The van der Waals surface area contributed by atoms with Crippen LogP contribution in [-0.2, 0) is 33.2 Å². The first kappa shape index (κ1) is 90.0. The van der Waals surface area contributed by atoms with Crippen LogP contribution in [0.5, 0.6) is 0 Å². The molecule has 1 amide bonds. The number of carbonyl (C=O) groups is 1. The number of aliphatic hydroxyl groups is 11. The van der Waals surface area contributed by atoms with Crippen LogP contribution >= 0.6 is 0 Å². The van der Waals surface area contributed by atoms with E-state index in [1.54, 1.807) is 6.08 Å². The fourth-order valence-corrected chi connectivity index (χ4v) is 13.4. The van der Waals surface area contributed by atoms with E-state index >= 15 is 0 Å². The molecule has 3 heterocycles. The summed E-state index contributed by atoms with van der Waals surface area (Å²) in [6.07, 6.45) is 48.2. The van der Waals surface area contributed by atoms with Gasteiger partial charge in [0.05, 0.1) is 38.6 Å². The highest BCUT2D eigenvalue weighted by Crippen LogP contribution is 2.33. The van der Waals surface area contributed by atoms with Crippen molar-refractivity contribution in [2.24, 2.45) is 0 Å². The highest BCUT2D eigenvalue weighted by atomic mass is 16.8. The normalized spacial score (nSPS) is 27.0. The number of amides is 1. The van der Waals surface area contributed by atoms with Gasteiger partial charge in [-0.2, -0.15) is 0 Å². The molecule has 19 heteroatoms. The molecular weight excluding hydrogens is 1250 g/mol. The Labute approximate surface area is 593 Å². The Balaban J connectivity index is 1.39. The van der Waals surface area contributed by atoms with Crippen LogP contribution < -0.4 is 5.32 Å². The van der Waals surface area contributed by atoms with Crippen LogP contribution in [0, 0.1) is 0 Å². The summed E-state index contributed by atoms with van der Waals surface area (Å²) >= 11 is 0. The van der Waals surface area contributed by atoms with E-state index < -0.39 is 124 Å². The van der Waals surface area contributed by atoms with Crippen molar-refractivity contribution in [1.82, 2.24) is 5.32 Å². The second-order valence-corrected chi connectivity index (χ2v) is 28.5. The Morgan fingerprint density at radius 1 is 0.367 bits per heavy atom. The molecule has 19 nitrogen and oxygen atoms in total. The lowest BCUT2D eigenvalue weighted by Crippen LogP contribution is -2.66. The Bertz CT molecular complexity index is 1960. The van der Waals surface area contributed by atoms with E-state index in [1.165, 1.54) is 225 Å². The molecule has 3 aliphatic heterocycles. The molecule has 12 N–H and O–H groups in total. The average Bonchev–Trinajstić information content (AvgIpc) is 0.784. The lowest BCUT2D eigenvalue weighted by atomic mass is 9.96. The standard InChI is InChI=1S/C79H145NO18/c1-3-5-7-9-11-13-15-17-19-21-23-25-26-27-28-29-30-31-32-33-34-35-37-38-40-42-44-46-48-50-52-54-56-63(84)62(80-67(85)57-55-53-51-49-47-45-43-41-39-36-24-22-20-18-16-14-12-10-8-6-4-2)61-93-77-73(91)70(88)75(65(59-82)95-77)98-79-74(92)71(89)76(66(60-83)96-79)97-78-72(90)69(87)68(86)64(58-81)94-78/h16,18,22,24,46,48,54,56,62-66,68-79,81-84,86-92H,3-15,17,19-21,23,25-45,47,49-53,55,57-61H2,1-2H3,(H,80,85)/b18-16-,24-22-,48-46+,56-54+. The Morgan fingerprint density at radius 3 is 1.08 bits per heavy atom. The molecule has 98 heavy (non-hydrogen) atoms. The molecular formula is C79H145NO18. The van der Waals surface area contributed by atoms with E-state index in [-0.39, 0.29) is 18.9 Å². The largest absolute Gasteiger partial charge is 0.394 e. The predicted molar refractivity (Wildman–Crippen MR) is 388 cm³/mol. The van der Waals surface area contributed by atoms with E-state index in [0.29, 0.717) is 12.8 Å². The molecule has 0 aromatic rings. The zero-order valence-electron chi connectivity index (χ0n) is 61.3. The smallest absolute Gasteiger partial charge is 0.220 e. The minimum atomic E-state index is -1.98. The fraction of sp³-hybridized carbons (Fsp3) is 0.886. The quantitative estimate of drug-likeness (QED) is 0.0199. The van der Waals surface area contributed by atoms with Gasteiger partial charge < -0.3 is 89.9 Å². The van der Waals surface area contributed by atoms with Crippen molar-refractivity contribution in [3.8, 4) is 0 Å². The van der Waals surface area contributed by atoms with Crippen LogP contribution in [0.3, 0.4) is 0 Å². The van der Waals surface area contributed by atoms with Gasteiger partial charge in [0.2, 0.25) is 5.91 Å². The Kier molecular flexibility index (Phi) is 55.1. The van der Waals surface area contributed by atoms with Crippen molar-refractivity contribution >= 4 is 5.91 Å². The number of hydrogen-bond acceptors (Lipinski definition) is 18. The van der Waals surface area contributed by atoms with Crippen molar-refractivity contribution in [2.75, 3.05) is 26.4 Å². The topological polar surface area (TPSA) is 307 Å². The summed E-state index contributed by atoms with van der Waals surface area (Å²) in [6, 6.07) is -0.995. The Hall–Kier alpha value is -2.25. The van der Waals surface area contributed by atoms with Crippen LogP contribution in [0.25, 0.3) is 0 Å². The second kappa shape index (κ2) is 60.1. The third kappa shape index (κ3) is 40.1. The summed E-state index contributed by atoms with van der Waals surface area (Å²) < 4.78 is 34.4. The average molecular weight is 1400 g/mol. The summed E-state index contributed by atoms with van der Waals surface area (Å²) in [7, 11) is 0. The fourth-order valence-electron chi connectivity index (χ4n) is 13.4. The number of hydrogen-bond donors (Lipinski definition) is 12. The van der Waals surface area contributed by atoms with Crippen LogP contribution in [0.15, 0.2) is 48.6 Å². The number of carbonyl (C=O) groups excluding carboxylic acids is 1. The number of ether oxygens (including phenoxy) is 6. The zero-order valence-corrected chi connectivity index (χ0v) is 61.3. The van der Waals surface area contributed by atoms with Crippen molar-refractivity contribution < 1.29 is 89.4 Å². The first-order chi connectivity index (χ1) is 47.8. The molecule has 0 saturated carbocycles. The van der Waals surface area contributed by atoms with Gasteiger partial charge in [0.1, 0.15) is 73.2 Å². The predicted octanol–water partition coefficient (Wildman–Crippen LogP) is 12.9. The van der Waals surface area contributed by atoms with Crippen molar-refractivity contribution in [3.05, 3.63) is 48.6 Å². The van der Waals surface area contributed by atoms with Gasteiger partial charge in [-0.3, -0.25) is 4.79 Å². The first-order valence-corrected chi connectivity index (χ1v) is 39.9. The molecule has 3 aliphatic rings. The monoisotopic (exact) mass is 1400 g/mol. The maximum Gasteiger partial charge on any atom is 0.220 e. The van der Waals surface area contributed by atoms with E-state index in [0.717, 1.165) is 57.8 Å². The highest BCUT2D eigenvalue weighted by Gasteiger charge is 2.54. The minimum Gasteiger partial charge on any atom is -0.394 e. The highest BCUT2D eigenvalue weighted by molar-refractivity contribution is 5.76. The molecule has 0 spiro atoms. The van der Waals surface area contributed by atoms with E-state index in [1.807, 2.05) is 6.08 Å². The van der Waals surface area contributed by atoms with Crippen LogP contribution in [0.2, 0.25) is 0 Å². The number of allylic oxidation sites excluding steroid dienone is 7. The van der Waals surface area contributed by atoms with E-state index in [4.69, 9.17) is 28.4 Å². The number of unbranched alkanes of at least 4 members (excludes halogenated alkanes) is 41. The van der Waals surface area contributed by atoms with Crippen molar-refractivity contribution in [2.45, 2.75) is 420 Å². The summed E-state index contributed by atoms with van der Waals surface area (Å²) in [5.41, 5.74) is 0. The SMILES string of the molecule is CCCCCCC/C=C\C/C=C\CCCCCCCCCCCC(=O)NC(COC1OC(CO)C(OC2OC(CO)C(OC3OC(CO)C(O)C(O)C3O)C(O)C2O)C(O)C1O)C(O)/C=C/CC/C=C/CCCCCCCCCCCCCCCCCCCCCCCCCCCC. The third-order valence-corrected chi connectivity index (χ3v) is 19.8. The van der Waals surface area contributed by atoms with Crippen molar-refractivity contribution in [1.29, 1.82) is 0 Å². The van der Waals surface area contributed by atoms with Gasteiger partial charge in [-0.05, 0) is 64.2 Å². The molecule has 0 bridgehead atoms. The van der Waals surface area contributed by atoms with Gasteiger partial charge in [0, 0.05) is 6.42 Å². The van der Waals surface area contributed by atoms with Gasteiger partial charge >= 0.3 is 0 Å². The van der Waals surface area contributed by atoms with E-state index in [2.05, 4.69) is 55.6 Å².